The van der Waals surface area contributed by atoms with E-state index in [0.29, 0.717) is 30.3 Å². The molecule has 0 aliphatic rings. The molecule has 1 unspecified atom stereocenters. The van der Waals surface area contributed by atoms with Crippen LogP contribution in [0.4, 0.5) is 0 Å². The average Bonchev–Trinajstić information content (AvgIpc) is 3.03. The minimum absolute atomic E-state index is 0. The molecule has 0 bridgehead atoms. The number of nitrogens with one attached hydrogen (secondary N) is 2. The zero-order valence-electron chi connectivity index (χ0n) is 14.4. The van der Waals surface area contributed by atoms with E-state index in [0.717, 1.165) is 0 Å². The van der Waals surface area contributed by atoms with E-state index in [9.17, 15) is 8.42 Å². The highest BCUT2D eigenvalue weighted by Crippen LogP contribution is 2.20. The first-order chi connectivity index (χ1) is 11.5. The lowest BCUT2D eigenvalue weighted by Gasteiger charge is -2.06. The first kappa shape index (κ1) is 21.5. The second-order valence-corrected chi connectivity index (χ2v) is 7.09. The molecule has 0 radical (unpaired) electrons. The Morgan fingerprint density at radius 1 is 1.28 bits per heavy atom. The molecule has 10 heteroatoms. The van der Waals surface area contributed by atoms with Gasteiger partial charge in [0.15, 0.2) is 5.82 Å². The van der Waals surface area contributed by atoms with Crippen LogP contribution in [0.25, 0.3) is 11.5 Å². The number of nitrogens with zero attached hydrogens (tertiary/aromatic N) is 2. The molecule has 2 rings (SSSR count). The maximum Gasteiger partial charge on any atom is 0.257 e. The van der Waals surface area contributed by atoms with E-state index in [4.69, 9.17) is 9.26 Å². The zero-order chi connectivity index (χ0) is 17.6. The third-order valence-electron chi connectivity index (χ3n) is 3.46. The highest BCUT2D eigenvalue weighted by Gasteiger charge is 2.15. The van der Waals surface area contributed by atoms with Crippen molar-refractivity contribution in [3.8, 4) is 11.5 Å². The van der Waals surface area contributed by atoms with Gasteiger partial charge in [-0.1, -0.05) is 5.16 Å². The topological polar surface area (TPSA) is 106 Å². The zero-order valence-corrected chi connectivity index (χ0v) is 16.0. The summed E-state index contributed by atoms with van der Waals surface area (Å²) in [5, 5.41) is 7.03. The summed E-state index contributed by atoms with van der Waals surface area (Å²) in [6.07, 6.45) is 0.649. The fourth-order valence-electron chi connectivity index (χ4n) is 1.97. The molecule has 0 spiro atoms. The van der Waals surface area contributed by atoms with Crippen molar-refractivity contribution in [1.82, 2.24) is 20.2 Å². The van der Waals surface area contributed by atoms with Gasteiger partial charge in [-0.2, -0.15) is 4.98 Å². The molecule has 2 N–H and O–H groups in total. The largest absolute Gasteiger partial charge is 0.383 e. The van der Waals surface area contributed by atoms with Crippen LogP contribution in [0, 0.1) is 0 Å². The summed E-state index contributed by atoms with van der Waals surface area (Å²) in [5.74, 6) is 0.967. The Labute approximate surface area is 153 Å². The van der Waals surface area contributed by atoms with E-state index >= 15 is 0 Å². The van der Waals surface area contributed by atoms with Gasteiger partial charge < -0.3 is 14.6 Å². The number of halogens is 1. The number of ether oxygens (including phenoxy) is 1. The van der Waals surface area contributed by atoms with E-state index in [1.165, 1.54) is 19.2 Å². The number of likely N-dealkylation sites (N-methyl/N-ethyl adjacent to an activating group) is 1. The smallest absolute Gasteiger partial charge is 0.257 e. The van der Waals surface area contributed by atoms with Crippen molar-refractivity contribution in [3.63, 3.8) is 0 Å². The minimum atomic E-state index is -3.55. The molecule has 1 aromatic heterocycles. The number of benzene rings is 1. The standard InChI is InChI=1S/C15H22N4O4S.ClH/c1-11(16-2)10-14-18-15(23-19-14)12-4-6-13(7-5-12)24(20,21)17-8-9-22-3;/h4-7,11,16-17H,8-10H2,1-3H3;1H. The first-order valence-corrected chi connectivity index (χ1v) is 9.03. The lowest BCUT2D eigenvalue weighted by molar-refractivity contribution is 0.204. The summed E-state index contributed by atoms with van der Waals surface area (Å²) in [7, 11) is -0.171. The average molecular weight is 391 g/mol. The molecular weight excluding hydrogens is 368 g/mol. The van der Waals surface area contributed by atoms with Gasteiger partial charge in [0.2, 0.25) is 10.0 Å². The summed E-state index contributed by atoms with van der Waals surface area (Å²) >= 11 is 0. The number of hydrogen-bond acceptors (Lipinski definition) is 7. The maximum absolute atomic E-state index is 12.1. The SMILES string of the molecule is CNC(C)Cc1noc(-c2ccc(S(=O)(=O)NCCOC)cc2)n1.Cl. The molecule has 0 aliphatic heterocycles. The minimum Gasteiger partial charge on any atom is -0.383 e. The predicted octanol–water partition coefficient (Wildman–Crippen LogP) is 1.23. The quantitative estimate of drug-likeness (QED) is 0.620. The van der Waals surface area contributed by atoms with Crippen LogP contribution in [0.15, 0.2) is 33.7 Å². The summed E-state index contributed by atoms with van der Waals surface area (Å²) in [4.78, 5) is 4.49. The molecule has 25 heavy (non-hydrogen) atoms. The van der Waals surface area contributed by atoms with Crippen LogP contribution >= 0.6 is 12.4 Å². The van der Waals surface area contributed by atoms with Gasteiger partial charge in [0, 0.05) is 31.7 Å². The van der Waals surface area contributed by atoms with E-state index < -0.39 is 10.0 Å². The Hall–Kier alpha value is -1.52. The van der Waals surface area contributed by atoms with Crippen LogP contribution in [0.3, 0.4) is 0 Å². The normalized spacial score (nSPS) is 12.6. The van der Waals surface area contributed by atoms with Crippen molar-refractivity contribution in [1.29, 1.82) is 0 Å². The van der Waals surface area contributed by atoms with Crippen molar-refractivity contribution in [2.24, 2.45) is 0 Å². The van der Waals surface area contributed by atoms with Crippen LogP contribution in [0.5, 0.6) is 0 Å². The molecule has 0 saturated carbocycles. The van der Waals surface area contributed by atoms with Crippen LogP contribution in [0.2, 0.25) is 0 Å². The van der Waals surface area contributed by atoms with Crippen molar-refractivity contribution < 1.29 is 17.7 Å². The van der Waals surface area contributed by atoms with Crippen LogP contribution in [-0.2, 0) is 21.2 Å². The monoisotopic (exact) mass is 390 g/mol. The second-order valence-electron chi connectivity index (χ2n) is 5.32. The molecule has 2 aromatic rings. The lowest BCUT2D eigenvalue weighted by atomic mass is 10.2. The van der Waals surface area contributed by atoms with Gasteiger partial charge in [-0.15, -0.1) is 12.4 Å². The van der Waals surface area contributed by atoms with Gasteiger partial charge in [0.1, 0.15) is 0 Å². The molecule has 1 heterocycles. The summed E-state index contributed by atoms with van der Waals surface area (Å²) in [6, 6.07) is 6.53. The molecule has 0 amide bonds. The lowest BCUT2D eigenvalue weighted by Crippen LogP contribution is -2.27. The third-order valence-corrected chi connectivity index (χ3v) is 4.94. The fraction of sp³-hybridized carbons (Fsp3) is 0.467. The van der Waals surface area contributed by atoms with Crippen molar-refractivity contribution in [2.75, 3.05) is 27.3 Å². The van der Waals surface area contributed by atoms with Gasteiger partial charge in [-0.3, -0.25) is 0 Å². The van der Waals surface area contributed by atoms with Crippen molar-refractivity contribution in [3.05, 3.63) is 30.1 Å². The fourth-order valence-corrected chi connectivity index (χ4v) is 2.98. The Bertz CT molecular complexity index is 749. The Balaban J connectivity index is 0.00000312. The Kier molecular flexibility index (Phi) is 8.46. The number of methoxy groups -OCH3 is 1. The van der Waals surface area contributed by atoms with Gasteiger partial charge in [-0.05, 0) is 38.2 Å². The van der Waals surface area contributed by atoms with Crippen LogP contribution in [-0.4, -0.2) is 51.9 Å². The summed E-state index contributed by atoms with van der Waals surface area (Å²) in [6.45, 7) is 2.55. The molecular formula is C15H23ClN4O4S. The Morgan fingerprint density at radius 3 is 2.56 bits per heavy atom. The molecule has 1 aromatic carbocycles. The molecule has 1 atom stereocenters. The molecule has 140 valence electrons. The van der Waals surface area contributed by atoms with E-state index in [-0.39, 0.29) is 29.9 Å². The summed E-state index contributed by atoms with van der Waals surface area (Å²) < 4.78 is 36.7. The first-order valence-electron chi connectivity index (χ1n) is 7.55. The predicted molar refractivity (Wildman–Crippen MR) is 96.3 cm³/mol. The highest BCUT2D eigenvalue weighted by molar-refractivity contribution is 7.89. The van der Waals surface area contributed by atoms with E-state index in [1.807, 2.05) is 14.0 Å². The van der Waals surface area contributed by atoms with E-state index in [1.54, 1.807) is 12.1 Å². The van der Waals surface area contributed by atoms with Crippen LogP contribution in [0.1, 0.15) is 12.7 Å². The van der Waals surface area contributed by atoms with E-state index in [2.05, 4.69) is 20.2 Å². The number of rotatable bonds is 9. The van der Waals surface area contributed by atoms with Crippen molar-refractivity contribution in [2.45, 2.75) is 24.3 Å². The number of hydrogen-bond donors (Lipinski definition) is 2. The van der Waals surface area contributed by atoms with Gasteiger partial charge in [0.25, 0.3) is 5.89 Å². The molecule has 0 fully saturated rings. The van der Waals surface area contributed by atoms with Gasteiger partial charge >= 0.3 is 0 Å². The summed E-state index contributed by atoms with van der Waals surface area (Å²) in [5.41, 5.74) is 0.668. The van der Waals surface area contributed by atoms with Crippen molar-refractivity contribution >= 4 is 22.4 Å². The van der Waals surface area contributed by atoms with Gasteiger partial charge in [-0.25, -0.2) is 13.1 Å². The highest BCUT2D eigenvalue weighted by atomic mass is 35.5. The second kappa shape index (κ2) is 9.83. The molecule has 8 nitrogen and oxygen atoms in total. The van der Waals surface area contributed by atoms with Crippen LogP contribution < -0.4 is 10.0 Å². The molecule has 0 aliphatic carbocycles. The number of sulfonamides is 1. The molecule has 0 saturated heterocycles. The maximum atomic E-state index is 12.1. The number of aromatic nitrogens is 2. The van der Waals surface area contributed by atoms with Gasteiger partial charge in [0.05, 0.1) is 11.5 Å². The Morgan fingerprint density at radius 2 is 1.96 bits per heavy atom. The third kappa shape index (κ3) is 6.05.